The maximum absolute atomic E-state index is 5.84. The molecule has 0 N–H and O–H groups in total. The number of hydrogen-bond donors (Lipinski definition) is 1. The molecule has 1 aromatic heterocycles. The van der Waals surface area contributed by atoms with E-state index in [1.54, 1.807) is 11.3 Å². The van der Waals surface area contributed by atoms with Crippen molar-refractivity contribution < 1.29 is 4.74 Å². The number of rotatable bonds is 5. The number of para-hydroxylation sites is 1. The highest BCUT2D eigenvalue weighted by atomic mass is 32.1. The summed E-state index contributed by atoms with van der Waals surface area (Å²) in [6.45, 7) is 6.90. The predicted octanol–water partition coefficient (Wildman–Crippen LogP) is 4.58. The lowest BCUT2D eigenvalue weighted by Crippen LogP contribution is -1.97. The average Bonchev–Trinajstić information content (AvgIpc) is 2.81. The summed E-state index contributed by atoms with van der Waals surface area (Å²) >= 11 is 6.07. The molecular weight excluding hydrogens is 274 g/mol. The second kappa shape index (κ2) is 6.44. The third kappa shape index (κ3) is 3.51. The summed E-state index contributed by atoms with van der Waals surface area (Å²) in [5.41, 5.74) is 2.31. The van der Waals surface area contributed by atoms with Crippen molar-refractivity contribution in [1.29, 1.82) is 0 Å². The van der Waals surface area contributed by atoms with E-state index in [2.05, 4.69) is 44.5 Å². The van der Waals surface area contributed by atoms with Crippen molar-refractivity contribution in [2.24, 2.45) is 0 Å². The summed E-state index contributed by atoms with van der Waals surface area (Å²) in [5.74, 6) is 2.11. The highest BCUT2D eigenvalue weighted by Crippen LogP contribution is 2.27. The quantitative estimate of drug-likeness (QED) is 0.815. The number of hydrogen-bond acceptors (Lipinski definition) is 4. The Morgan fingerprint density at radius 3 is 2.63 bits per heavy atom. The zero-order valence-corrected chi connectivity index (χ0v) is 13.2. The molecule has 0 radical (unpaired) electrons. The molecule has 0 bridgehead atoms. The molecule has 0 fully saturated rings. The lowest BCUT2D eigenvalue weighted by atomic mass is 10.1. The van der Waals surface area contributed by atoms with Gasteiger partial charge in [0.15, 0.2) is 0 Å². The minimum atomic E-state index is 0.436. The highest BCUT2D eigenvalue weighted by Gasteiger charge is 2.13. The van der Waals surface area contributed by atoms with E-state index in [1.807, 2.05) is 18.2 Å². The number of ether oxygens (including phenoxy) is 1. The lowest BCUT2D eigenvalue weighted by Gasteiger charge is -2.06. The van der Waals surface area contributed by atoms with Crippen LogP contribution in [0.4, 0.5) is 0 Å². The van der Waals surface area contributed by atoms with Crippen LogP contribution in [0.5, 0.6) is 5.75 Å². The zero-order valence-electron chi connectivity index (χ0n) is 11.5. The number of aromatic nitrogens is 1. The topological polar surface area (TPSA) is 22.1 Å². The van der Waals surface area contributed by atoms with E-state index in [-0.39, 0.29) is 0 Å². The summed E-state index contributed by atoms with van der Waals surface area (Å²) in [5, 5.41) is 1.02. The molecule has 4 heteroatoms. The first-order valence-electron chi connectivity index (χ1n) is 6.39. The summed E-state index contributed by atoms with van der Waals surface area (Å²) in [4.78, 5) is 5.92. The SMILES string of the molecule is Cc1ccccc1OCc1nc(C(C)C)c(CS)s1. The molecule has 102 valence electrons. The Morgan fingerprint density at radius 1 is 1.32 bits per heavy atom. The van der Waals surface area contributed by atoms with Gasteiger partial charge in [-0.25, -0.2) is 4.98 Å². The molecule has 0 saturated carbocycles. The Bertz CT molecular complexity index is 549. The van der Waals surface area contributed by atoms with E-state index < -0.39 is 0 Å². The second-order valence-electron chi connectivity index (χ2n) is 4.78. The smallest absolute Gasteiger partial charge is 0.140 e. The van der Waals surface area contributed by atoms with Gasteiger partial charge in [0.2, 0.25) is 0 Å². The Labute approximate surface area is 124 Å². The van der Waals surface area contributed by atoms with Crippen molar-refractivity contribution in [3.05, 3.63) is 45.4 Å². The first kappa shape index (κ1) is 14.4. The number of thiazole rings is 1. The number of nitrogens with zero attached hydrogens (tertiary/aromatic N) is 1. The lowest BCUT2D eigenvalue weighted by molar-refractivity contribution is 0.303. The first-order chi connectivity index (χ1) is 9.11. The fourth-order valence-corrected chi connectivity index (χ4v) is 3.25. The summed E-state index contributed by atoms with van der Waals surface area (Å²) in [7, 11) is 0. The van der Waals surface area contributed by atoms with Gasteiger partial charge in [-0.15, -0.1) is 11.3 Å². The van der Waals surface area contributed by atoms with Crippen molar-refractivity contribution in [3.63, 3.8) is 0 Å². The van der Waals surface area contributed by atoms with E-state index in [9.17, 15) is 0 Å². The molecule has 2 aromatic rings. The van der Waals surface area contributed by atoms with Crippen LogP contribution < -0.4 is 4.74 Å². The molecule has 2 rings (SSSR count). The normalized spacial score (nSPS) is 11.0. The molecule has 0 aliphatic rings. The molecule has 0 saturated heterocycles. The van der Waals surface area contributed by atoms with Crippen LogP contribution in [-0.2, 0) is 12.4 Å². The van der Waals surface area contributed by atoms with Gasteiger partial charge < -0.3 is 4.74 Å². The van der Waals surface area contributed by atoms with E-state index in [0.717, 1.165) is 27.8 Å². The van der Waals surface area contributed by atoms with Crippen LogP contribution in [0.2, 0.25) is 0 Å². The van der Waals surface area contributed by atoms with Crippen molar-refractivity contribution in [2.75, 3.05) is 0 Å². The Morgan fingerprint density at radius 2 is 2.05 bits per heavy atom. The molecule has 0 aliphatic heterocycles. The second-order valence-corrected chi connectivity index (χ2v) is 6.27. The van der Waals surface area contributed by atoms with E-state index in [0.29, 0.717) is 12.5 Å². The molecule has 19 heavy (non-hydrogen) atoms. The molecule has 1 aromatic carbocycles. The van der Waals surface area contributed by atoms with Crippen LogP contribution in [-0.4, -0.2) is 4.98 Å². The Balaban J connectivity index is 2.10. The first-order valence-corrected chi connectivity index (χ1v) is 7.84. The molecule has 0 atom stereocenters. The molecule has 0 amide bonds. The number of thiol groups is 1. The zero-order chi connectivity index (χ0) is 13.8. The van der Waals surface area contributed by atoms with Gasteiger partial charge in [0.1, 0.15) is 17.4 Å². The maximum Gasteiger partial charge on any atom is 0.140 e. The van der Waals surface area contributed by atoms with Crippen LogP contribution >= 0.6 is 24.0 Å². The monoisotopic (exact) mass is 293 g/mol. The van der Waals surface area contributed by atoms with Crippen molar-refractivity contribution in [1.82, 2.24) is 4.98 Å². The summed E-state index contributed by atoms with van der Waals surface area (Å²) in [6.07, 6.45) is 0. The molecule has 0 unspecified atom stereocenters. The molecule has 0 spiro atoms. The van der Waals surface area contributed by atoms with Crippen molar-refractivity contribution in [2.45, 2.75) is 39.0 Å². The maximum atomic E-state index is 5.84. The van der Waals surface area contributed by atoms with Crippen molar-refractivity contribution >= 4 is 24.0 Å². The van der Waals surface area contributed by atoms with Crippen LogP contribution in [0.1, 0.15) is 40.9 Å². The Hall–Kier alpha value is -1.000. The third-order valence-corrected chi connectivity index (χ3v) is 4.48. The molecule has 1 heterocycles. The van der Waals surface area contributed by atoms with Crippen molar-refractivity contribution in [3.8, 4) is 5.75 Å². The molecule has 2 nitrogen and oxygen atoms in total. The van der Waals surface area contributed by atoms with Gasteiger partial charge >= 0.3 is 0 Å². The largest absolute Gasteiger partial charge is 0.486 e. The fourth-order valence-electron chi connectivity index (χ4n) is 1.90. The van der Waals surface area contributed by atoms with Gasteiger partial charge in [-0.05, 0) is 24.5 Å². The van der Waals surface area contributed by atoms with E-state index >= 15 is 0 Å². The van der Waals surface area contributed by atoms with Gasteiger partial charge in [-0.2, -0.15) is 12.6 Å². The standard InChI is InChI=1S/C15H19NOS2/c1-10(2)15-13(9-18)19-14(16-15)8-17-12-7-5-4-6-11(12)3/h4-7,10,18H,8-9H2,1-3H3. The van der Waals surface area contributed by atoms with Crippen LogP contribution in [0.25, 0.3) is 0 Å². The van der Waals surface area contributed by atoms with E-state index in [4.69, 9.17) is 4.74 Å². The van der Waals surface area contributed by atoms with Crippen LogP contribution in [0, 0.1) is 6.92 Å². The predicted molar refractivity (Wildman–Crippen MR) is 84.4 cm³/mol. The van der Waals surface area contributed by atoms with Gasteiger partial charge in [0, 0.05) is 10.6 Å². The van der Waals surface area contributed by atoms with Gasteiger partial charge in [0.05, 0.1) is 5.69 Å². The van der Waals surface area contributed by atoms with Gasteiger partial charge in [0.25, 0.3) is 0 Å². The Kier molecular flexibility index (Phi) is 4.88. The molecule has 0 aliphatic carbocycles. The minimum Gasteiger partial charge on any atom is -0.486 e. The minimum absolute atomic E-state index is 0.436. The van der Waals surface area contributed by atoms with Crippen LogP contribution in [0.15, 0.2) is 24.3 Å². The van der Waals surface area contributed by atoms with E-state index in [1.165, 1.54) is 4.88 Å². The van der Waals surface area contributed by atoms with Gasteiger partial charge in [-0.1, -0.05) is 32.0 Å². The summed E-state index contributed by atoms with van der Waals surface area (Å²) < 4.78 is 5.84. The molecular formula is C15H19NOS2. The van der Waals surface area contributed by atoms with Crippen LogP contribution in [0.3, 0.4) is 0 Å². The van der Waals surface area contributed by atoms with Gasteiger partial charge in [-0.3, -0.25) is 0 Å². The average molecular weight is 293 g/mol. The summed E-state index contributed by atoms with van der Waals surface area (Å²) in [6, 6.07) is 8.05. The highest BCUT2D eigenvalue weighted by molar-refractivity contribution is 7.79. The third-order valence-electron chi connectivity index (χ3n) is 2.91. The number of aryl methyl sites for hydroxylation is 1. The number of benzene rings is 1. The fraction of sp³-hybridized carbons (Fsp3) is 0.400.